The molecule has 1 aliphatic heterocycles. The molecule has 0 unspecified atom stereocenters. The van der Waals surface area contributed by atoms with Crippen LogP contribution in [0.4, 0.5) is 22.7 Å². The number of anilines is 3. The van der Waals surface area contributed by atoms with E-state index < -0.39 is 39.1 Å². The van der Waals surface area contributed by atoms with Crippen molar-refractivity contribution in [3.05, 3.63) is 113 Å². The van der Waals surface area contributed by atoms with E-state index in [4.69, 9.17) is 4.74 Å². The van der Waals surface area contributed by atoms with Gasteiger partial charge in [0.15, 0.2) is 6.61 Å². The van der Waals surface area contributed by atoms with Crippen LogP contribution in [0.15, 0.2) is 112 Å². The lowest BCUT2D eigenvalue weighted by molar-refractivity contribution is -0.385. The highest BCUT2D eigenvalue weighted by Crippen LogP contribution is 2.47. The number of non-ortho nitro benzene ring substituents is 1. The molecule has 1 N–H and O–H groups in total. The molecule has 0 bridgehead atoms. The van der Waals surface area contributed by atoms with Gasteiger partial charge in [-0.05, 0) is 42.5 Å². The standard InChI is InChI=1S/C27H19N3O7S2/c31-26(29-22-12-3-5-14-24(22)38-25-15-6-4-13-23(25)29)17-37-27(32)20-10-1-2-11-21(20)28-39(35,36)19-9-7-8-18(16-19)30(33)34/h1-16,28H,17H2. The van der Waals surface area contributed by atoms with Gasteiger partial charge in [0.05, 0.1) is 32.4 Å². The Hall–Kier alpha value is -4.68. The first-order valence-electron chi connectivity index (χ1n) is 11.5. The van der Waals surface area contributed by atoms with Crippen molar-refractivity contribution < 1.29 is 27.7 Å². The van der Waals surface area contributed by atoms with Crippen LogP contribution in [0.3, 0.4) is 0 Å². The number of esters is 1. The molecule has 12 heteroatoms. The summed E-state index contributed by atoms with van der Waals surface area (Å²) in [6, 6.07) is 25.0. The van der Waals surface area contributed by atoms with Gasteiger partial charge in [0, 0.05) is 21.9 Å². The number of nitro benzene ring substituents is 1. The summed E-state index contributed by atoms with van der Waals surface area (Å²) in [6.07, 6.45) is 0. The van der Waals surface area contributed by atoms with Gasteiger partial charge in [-0.1, -0.05) is 54.2 Å². The second-order valence-corrected chi connectivity index (χ2v) is 11.0. The average molecular weight is 562 g/mol. The topological polar surface area (TPSA) is 136 Å². The summed E-state index contributed by atoms with van der Waals surface area (Å²) in [5.74, 6) is -1.41. The Kier molecular flexibility index (Phi) is 7.05. The summed E-state index contributed by atoms with van der Waals surface area (Å²) < 4.78 is 33.4. The Morgan fingerprint density at radius 3 is 2.15 bits per heavy atom. The zero-order valence-corrected chi connectivity index (χ0v) is 21.6. The predicted molar refractivity (Wildman–Crippen MR) is 145 cm³/mol. The number of sulfonamides is 1. The van der Waals surface area contributed by atoms with Crippen molar-refractivity contribution in [1.29, 1.82) is 0 Å². The Balaban J connectivity index is 1.35. The lowest BCUT2D eigenvalue weighted by Gasteiger charge is -2.30. The fourth-order valence-corrected chi connectivity index (χ4v) is 6.14. The van der Waals surface area contributed by atoms with E-state index in [1.54, 1.807) is 12.1 Å². The molecule has 10 nitrogen and oxygen atoms in total. The van der Waals surface area contributed by atoms with Crippen LogP contribution >= 0.6 is 11.8 Å². The second kappa shape index (κ2) is 10.6. The number of carbonyl (C=O) groups excluding carboxylic acids is 2. The molecule has 39 heavy (non-hydrogen) atoms. The van der Waals surface area contributed by atoms with Gasteiger partial charge in [-0.2, -0.15) is 0 Å². The molecule has 0 saturated heterocycles. The molecular formula is C27H19N3O7S2. The molecule has 5 rings (SSSR count). The summed E-state index contributed by atoms with van der Waals surface area (Å²) >= 11 is 1.53. The van der Waals surface area contributed by atoms with Crippen molar-refractivity contribution in [2.45, 2.75) is 14.7 Å². The number of carbonyl (C=O) groups is 2. The Bertz CT molecular complexity index is 1680. The third-order valence-corrected chi connectivity index (χ3v) is 8.23. The molecule has 0 radical (unpaired) electrons. The maximum Gasteiger partial charge on any atom is 0.340 e. The van der Waals surface area contributed by atoms with E-state index in [1.165, 1.54) is 59.1 Å². The number of para-hydroxylation sites is 3. The maximum absolute atomic E-state index is 13.3. The van der Waals surface area contributed by atoms with Crippen LogP contribution in [0.1, 0.15) is 10.4 Å². The first kappa shape index (κ1) is 25.9. The number of hydrogen-bond acceptors (Lipinski definition) is 8. The largest absolute Gasteiger partial charge is 0.452 e. The Morgan fingerprint density at radius 1 is 0.872 bits per heavy atom. The third kappa shape index (κ3) is 5.33. The number of amides is 1. The van der Waals surface area contributed by atoms with Gasteiger partial charge in [0.2, 0.25) is 0 Å². The van der Waals surface area contributed by atoms with E-state index in [0.717, 1.165) is 15.9 Å². The van der Waals surface area contributed by atoms with E-state index in [0.29, 0.717) is 11.4 Å². The first-order chi connectivity index (χ1) is 18.7. The molecule has 0 aliphatic carbocycles. The van der Waals surface area contributed by atoms with Crippen LogP contribution < -0.4 is 9.62 Å². The molecule has 0 atom stereocenters. The minimum atomic E-state index is -4.28. The number of fused-ring (bicyclic) bond motifs is 2. The zero-order chi connectivity index (χ0) is 27.6. The van der Waals surface area contributed by atoms with Crippen LogP contribution in [0.25, 0.3) is 0 Å². The highest BCUT2D eigenvalue weighted by atomic mass is 32.2. The smallest absolute Gasteiger partial charge is 0.340 e. The SMILES string of the molecule is O=C(OCC(=O)N1c2ccccc2Sc2ccccc21)c1ccccc1NS(=O)(=O)c1cccc([N+](=O)[O-])c1. The lowest BCUT2D eigenvalue weighted by Crippen LogP contribution is -2.32. The fraction of sp³-hybridized carbons (Fsp3) is 0.0370. The number of hydrogen-bond donors (Lipinski definition) is 1. The molecule has 0 aromatic heterocycles. The molecule has 196 valence electrons. The number of benzene rings is 4. The van der Waals surface area contributed by atoms with Gasteiger partial charge in [-0.15, -0.1) is 0 Å². The molecule has 4 aromatic carbocycles. The van der Waals surface area contributed by atoms with Crippen molar-refractivity contribution in [3.63, 3.8) is 0 Å². The molecule has 4 aromatic rings. The molecule has 0 saturated carbocycles. The van der Waals surface area contributed by atoms with Crippen LogP contribution in [0.5, 0.6) is 0 Å². The van der Waals surface area contributed by atoms with E-state index in [1.807, 2.05) is 36.4 Å². The van der Waals surface area contributed by atoms with Crippen molar-refractivity contribution in [3.8, 4) is 0 Å². The monoisotopic (exact) mass is 561 g/mol. The normalized spacial score (nSPS) is 12.2. The second-order valence-electron chi connectivity index (χ2n) is 8.25. The predicted octanol–water partition coefficient (Wildman–Crippen LogP) is 5.38. The van der Waals surface area contributed by atoms with Gasteiger partial charge in [0.1, 0.15) is 0 Å². The average Bonchev–Trinajstić information content (AvgIpc) is 2.94. The summed E-state index contributed by atoms with van der Waals surface area (Å²) in [5, 5.41) is 11.1. The molecule has 1 amide bonds. The number of nitrogens with one attached hydrogen (secondary N) is 1. The van der Waals surface area contributed by atoms with E-state index in [-0.39, 0.29) is 16.1 Å². The van der Waals surface area contributed by atoms with Crippen LogP contribution in [0.2, 0.25) is 0 Å². The molecule has 1 heterocycles. The van der Waals surface area contributed by atoms with Crippen molar-refractivity contribution >= 4 is 56.4 Å². The van der Waals surface area contributed by atoms with Crippen molar-refractivity contribution in [2.75, 3.05) is 16.2 Å². The summed E-state index contributed by atoms with van der Waals surface area (Å²) in [5.41, 5.74) is 0.684. The zero-order valence-electron chi connectivity index (χ0n) is 20.0. The molecular weight excluding hydrogens is 542 g/mol. The van der Waals surface area contributed by atoms with Crippen molar-refractivity contribution in [1.82, 2.24) is 0 Å². The number of ether oxygens (including phenoxy) is 1. The molecule has 0 fully saturated rings. The summed E-state index contributed by atoms with van der Waals surface area (Å²) in [7, 11) is -4.28. The van der Waals surface area contributed by atoms with Gasteiger partial charge in [-0.25, -0.2) is 13.2 Å². The van der Waals surface area contributed by atoms with Crippen molar-refractivity contribution in [2.24, 2.45) is 0 Å². The highest BCUT2D eigenvalue weighted by Gasteiger charge is 2.29. The minimum absolute atomic E-state index is 0.105. The van der Waals surface area contributed by atoms with Gasteiger partial charge in [-0.3, -0.25) is 24.5 Å². The number of rotatable bonds is 7. The summed E-state index contributed by atoms with van der Waals surface area (Å²) in [6.45, 7) is -0.599. The van der Waals surface area contributed by atoms with Crippen LogP contribution in [0, 0.1) is 10.1 Å². The summed E-state index contributed by atoms with van der Waals surface area (Å²) in [4.78, 5) is 39.5. The van der Waals surface area contributed by atoms with E-state index >= 15 is 0 Å². The Morgan fingerprint density at radius 2 is 1.49 bits per heavy atom. The van der Waals surface area contributed by atoms with Gasteiger partial charge >= 0.3 is 5.97 Å². The molecule has 0 spiro atoms. The van der Waals surface area contributed by atoms with E-state index in [2.05, 4.69) is 4.72 Å². The minimum Gasteiger partial charge on any atom is -0.452 e. The quantitative estimate of drug-likeness (QED) is 0.180. The highest BCUT2D eigenvalue weighted by molar-refractivity contribution is 7.99. The lowest BCUT2D eigenvalue weighted by atomic mass is 10.2. The number of nitrogens with zero attached hydrogens (tertiary/aromatic N) is 2. The van der Waals surface area contributed by atoms with Crippen LogP contribution in [-0.2, 0) is 19.6 Å². The third-order valence-electron chi connectivity index (χ3n) is 5.74. The van der Waals surface area contributed by atoms with Gasteiger partial charge in [0.25, 0.3) is 21.6 Å². The van der Waals surface area contributed by atoms with Crippen LogP contribution in [-0.4, -0.2) is 31.8 Å². The fourth-order valence-electron chi connectivity index (χ4n) is 3.96. The Labute approximate surface area is 227 Å². The molecule has 1 aliphatic rings. The first-order valence-corrected chi connectivity index (χ1v) is 13.8. The maximum atomic E-state index is 13.3. The van der Waals surface area contributed by atoms with E-state index in [9.17, 15) is 28.1 Å². The number of nitro groups is 1. The van der Waals surface area contributed by atoms with Gasteiger partial charge < -0.3 is 4.74 Å².